The number of phenolic OH excluding ortho intramolecular Hbond substituents is 1. The van der Waals surface area contributed by atoms with Crippen molar-refractivity contribution in [2.75, 3.05) is 31.2 Å². The Balaban J connectivity index is 1.50. The maximum absolute atomic E-state index is 10.6. The summed E-state index contributed by atoms with van der Waals surface area (Å²) in [6.45, 7) is 7.21. The summed E-state index contributed by atoms with van der Waals surface area (Å²) in [4.78, 5) is 20.2. The summed E-state index contributed by atoms with van der Waals surface area (Å²) in [5.74, 6) is 0.238. The fourth-order valence-corrected chi connectivity index (χ4v) is 4.35. The number of morpholine rings is 1. The lowest BCUT2D eigenvalue weighted by Crippen LogP contribution is -2.36. The summed E-state index contributed by atoms with van der Waals surface area (Å²) >= 11 is 0. The number of nitrogens with zero attached hydrogens (tertiary/aromatic N) is 5. The van der Waals surface area contributed by atoms with Crippen LogP contribution >= 0.6 is 0 Å². The number of ether oxygens (including phenoxy) is 1. The number of hydrogen-bond acceptors (Lipinski definition) is 7. The summed E-state index contributed by atoms with van der Waals surface area (Å²) in [7, 11) is 0. The van der Waals surface area contributed by atoms with E-state index in [1.165, 1.54) is 0 Å². The van der Waals surface area contributed by atoms with Crippen LogP contribution < -0.4 is 4.90 Å². The number of rotatable bonds is 5. The minimum absolute atomic E-state index is 0.238. The largest absolute Gasteiger partial charge is 0.508 e. The smallest absolute Gasteiger partial charge is 0.119 e. The third-order valence-electron chi connectivity index (χ3n) is 6.26. The van der Waals surface area contributed by atoms with Gasteiger partial charge in [-0.05, 0) is 61.9 Å². The highest BCUT2D eigenvalue weighted by atomic mass is 16.5. The molecule has 3 heterocycles. The molecular formula is C27H27N5O2. The molecule has 0 unspecified atom stereocenters. The first-order valence-corrected chi connectivity index (χ1v) is 11.5. The molecule has 0 saturated carbocycles. The van der Waals surface area contributed by atoms with E-state index in [1.54, 1.807) is 18.7 Å². The van der Waals surface area contributed by atoms with E-state index >= 15 is 0 Å². The molecule has 5 rings (SSSR count). The van der Waals surface area contributed by atoms with Crippen molar-refractivity contribution in [3.63, 3.8) is 0 Å². The van der Waals surface area contributed by atoms with Crippen LogP contribution in [0.25, 0.3) is 28.2 Å². The third-order valence-corrected chi connectivity index (χ3v) is 6.26. The van der Waals surface area contributed by atoms with Crippen LogP contribution in [0.4, 0.5) is 5.69 Å². The Kier molecular flexibility index (Phi) is 6.18. The minimum atomic E-state index is 0.238. The van der Waals surface area contributed by atoms with Gasteiger partial charge in [-0.25, -0.2) is 19.9 Å². The normalized spacial score (nSPS) is 14.2. The number of benzene rings is 2. The summed E-state index contributed by atoms with van der Waals surface area (Å²) in [6, 6.07) is 11.9. The van der Waals surface area contributed by atoms with Crippen LogP contribution in [0.3, 0.4) is 0 Å². The van der Waals surface area contributed by atoms with Gasteiger partial charge in [-0.2, -0.15) is 0 Å². The molecule has 0 amide bonds. The summed E-state index contributed by atoms with van der Waals surface area (Å²) in [6.07, 6.45) is 7.60. The maximum Gasteiger partial charge on any atom is 0.119 e. The van der Waals surface area contributed by atoms with E-state index < -0.39 is 0 Å². The van der Waals surface area contributed by atoms with E-state index in [4.69, 9.17) is 4.74 Å². The summed E-state index contributed by atoms with van der Waals surface area (Å²) in [5, 5.41) is 11.6. The molecule has 172 valence electrons. The average molecular weight is 454 g/mol. The van der Waals surface area contributed by atoms with Gasteiger partial charge in [-0.1, -0.05) is 6.08 Å². The van der Waals surface area contributed by atoms with Gasteiger partial charge in [-0.15, -0.1) is 0 Å². The molecule has 4 aromatic rings. The van der Waals surface area contributed by atoms with Crippen LogP contribution in [-0.4, -0.2) is 51.3 Å². The van der Waals surface area contributed by atoms with Crippen LogP contribution in [0.2, 0.25) is 0 Å². The van der Waals surface area contributed by atoms with Crippen molar-refractivity contribution < 1.29 is 9.84 Å². The lowest BCUT2D eigenvalue weighted by molar-refractivity contribution is 0.122. The molecule has 1 aliphatic rings. The van der Waals surface area contributed by atoms with Gasteiger partial charge in [0.1, 0.15) is 18.4 Å². The molecule has 0 spiro atoms. The van der Waals surface area contributed by atoms with Crippen molar-refractivity contribution in [1.29, 1.82) is 0 Å². The van der Waals surface area contributed by atoms with E-state index in [-0.39, 0.29) is 5.75 Å². The fourth-order valence-electron chi connectivity index (χ4n) is 4.35. The first kappa shape index (κ1) is 22.0. The topological polar surface area (TPSA) is 84.3 Å². The number of hydrogen-bond donors (Lipinski definition) is 1. The Morgan fingerprint density at radius 2 is 1.82 bits per heavy atom. The zero-order chi connectivity index (χ0) is 23.5. The van der Waals surface area contributed by atoms with Gasteiger partial charge < -0.3 is 14.7 Å². The number of aromatic hydroxyl groups is 1. The first-order chi connectivity index (χ1) is 16.6. The van der Waals surface area contributed by atoms with E-state index in [0.29, 0.717) is 6.42 Å². The van der Waals surface area contributed by atoms with E-state index in [9.17, 15) is 5.11 Å². The van der Waals surface area contributed by atoms with Gasteiger partial charge in [0, 0.05) is 41.7 Å². The molecule has 1 aliphatic heterocycles. The molecule has 1 N–H and O–H groups in total. The molecule has 0 atom stereocenters. The highest BCUT2D eigenvalue weighted by Crippen LogP contribution is 2.32. The number of fused-ring (bicyclic) bond motifs is 1. The Hall–Kier alpha value is -3.84. The van der Waals surface area contributed by atoms with Crippen molar-refractivity contribution in [2.24, 2.45) is 0 Å². The average Bonchev–Trinajstić information content (AvgIpc) is 2.87. The highest BCUT2D eigenvalue weighted by molar-refractivity contribution is 5.94. The molecule has 1 saturated heterocycles. The SMILES string of the molecule is C/C=C\c1ncnc(Cc2cc(-c3ncnc4cc(N5CCOCC5)ccc34)ccc2O)c1C. The van der Waals surface area contributed by atoms with Crippen molar-refractivity contribution in [3.05, 3.63) is 77.6 Å². The number of anilines is 1. The van der Waals surface area contributed by atoms with Gasteiger partial charge in [0.15, 0.2) is 0 Å². The lowest BCUT2D eigenvalue weighted by atomic mass is 9.99. The Labute approximate surface area is 198 Å². The Morgan fingerprint density at radius 3 is 2.65 bits per heavy atom. The van der Waals surface area contributed by atoms with Crippen molar-refractivity contribution in [3.8, 4) is 17.0 Å². The summed E-state index contributed by atoms with van der Waals surface area (Å²) < 4.78 is 5.48. The second kappa shape index (κ2) is 9.57. The third kappa shape index (κ3) is 4.34. The number of allylic oxidation sites excluding steroid dienone is 1. The Morgan fingerprint density at radius 1 is 1.00 bits per heavy atom. The molecular weight excluding hydrogens is 426 g/mol. The van der Waals surface area contributed by atoms with Crippen LogP contribution in [0.1, 0.15) is 29.4 Å². The van der Waals surface area contributed by atoms with Crippen LogP contribution in [0.15, 0.2) is 55.1 Å². The standard InChI is InChI=1S/C27H27N5O2/c1-3-4-23-18(2)24(29-16-28-23)14-20-13-19(5-8-26(20)33)27-22-7-6-21(15-25(22)30-17-31-27)32-9-11-34-12-10-32/h3-8,13,15-17,33H,9-12,14H2,1-2H3/b4-3-. The van der Waals surface area contributed by atoms with Gasteiger partial charge in [0.2, 0.25) is 0 Å². The molecule has 7 heteroatoms. The Bertz CT molecular complexity index is 1360. The zero-order valence-corrected chi connectivity index (χ0v) is 19.4. The molecule has 2 aromatic heterocycles. The highest BCUT2D eigenvalue weighted by Gasteiger charge is 2.15. The van der Waals surface area contributed by atoms with E-state index in [2.05, 4.69) is 43.0 Å². The second-order valence-electron chi connectivity index (χ2n) is 8.37. The number of phenols is 1. The second-order valence-corrected chi connectivity index (χ2v) is 8.37. The van der Waals surface area contributed by atoms with Crippen LogP contribution in [-0.2, 0) is 11.2 Å². The van der Waals surface area contributed by atoms with Gasteiger partial charge >= 0.3 is 0 Å². The van der Waals surface area contributed by atoms with Crippen molar-refractivity contribution >= 4 is 22.7 Å². The minimum Gasteiger partial charge on any atom is -0.508 e. The van der Waals surface area contributed by atoms with E-state index in [0.717, 1.165) is 76.7 Å². The van der Waals surface area contributed by atoms with Crippen LogP contribution in [0.5, 0.6) is 5.75 Å². The first-order valence-electron chi connectivity index (χ1n) is 11.5. The molecule has 0 bridgehead atoms. The van der Waals surface area contributed by atoms with Crippen LogP contribution in [0, 0.1) is 6.92 Å². The molecule has 7 nitrogen and oxygen atoms in total. The molecule has 0 aliphatic carbocycles. The predicted molar refractivity (Wildman–Crippen MR) is 134 cm³/mol. The quantitative estimate of drug-likeness (QED) is 0.474. The van der Waals surface area contributed by atoms with Gasteiger partial charge in [-0.3, -0.25) is 0 Å². The molecule has 2 aromatic carbocycles. The van der Waals surface area contributed by atoms with Gasteiger partial charge in [0.25, 0.3) is 0 Å². The summed E-state index contributed by atoms with van der Waals surface area (Å²) in [5.41, 5.74) is 7.39. The monoisotopic (exact) mass is 453 g/mol. The number of aromatic nitrogens is 4. The van der Waals surface area contributed by atoms with Crippen molar-refractivity contribution in [1.82, 2.24) is 19.9 Å². The molecule has 1 fully saturated rings. The van der Waals surface area contributed by atoms with Crippen molar-refractivity contribution in [2.45, 2.75) is 20.3 Å². The van der Waals surface area contributed by atoms with E-state index in [1.807, 2.05) is 38.1 Å². The fraction of sp³-hybridized carbons (Fsp3) is 0.259. The molecule has 34 heavy (non-hydrogen) atoms. The predicted octanol–water partition coefficient (Wildman–Crippen LogP) is 4.56. The lowest BCUT2D eigenvalue weighted by Gasteiger charge is -2.29. The molecule has 0 radical (unpaired) electrons. The maximum atomic E-state index is 10.6. The van der Waals surface area contributed by atoms with Gasteiger partial charge in [0.05, 0.1) is 35.8 Å². The zero-order valence-electron chi connectivity index (χ0n) is 19.4.